The minimum absolute atomic E-state index is 1.31. The molecule has 0 radical (unpaired) electrons. The van der Waals surface area contributed by atoms with Gasteiger partial charge in [-0.1, -0.05) is 121 Å². The van der Waals surface area contributed by atoms with Crippen molar-refractivity contribution < 1.29 is 0 Å². The van der Waals surface area contributed by atoms with Gasteiger partial charge in [-0.25, -0.2) is 0 Å². The fraction of sp³-hybridized carbons (Fsp3) is 0.0303. The van der Waals surface area contributed by atoms with E-state index < -0.39 is 8.07 Å². The van der Waals surface area contributed by atoms with Gasteiger partial charge in [-0.3, -0.25) is 0 Å². The number of hydrogen-bond acceptors (Lipinski definition) is 0. The molecule has 0 bridgehead atoms. The molecule has 0 aromatic heterocycles. The quantitative estimate of drug-likeness (QED) is 0.299. The zero-order valence-corrected chi connectivity index (χ0v) is 20.1. The van der Waals surface area contributed by atoms with Gasteiger partial charge in [-0.05, 0) is 72.0 Å². The molecule has 0 unspecified atom stereocenters. The summed E-state index contributed by atoms with van der Waals surface area (Å²) >= 11 is 0. The lowest BCUT2D eigenvalue weighted by Crippen LogP contribution is -2.72. The Bertz CT molecular complexity index is 1660. The predicted octanol–water partition coefficient (Wildman–Crippen LogP) is 5.66. The fourth-order valence-corrected chi connectivity index (χ4v) is 11.4. The highest BCUT2D eigenvalue weighted by Crippen LogP contribution is 2.36. The van der Waals surface area contributed by atoms with Crippen LogP contribution in [0, 0.1) is 6.92 Å². The Balaban J connectivity index is 1.75. The van der Waals surface area contributed by atoms with Crippen molar-refractivity contribution >= 4 is 50.4 Å². The summed E-state index contributed by atoms with van der Waals surface area (Å²) in [6, 6.07) is 47.8. The van der Waals surface area contributed by atoms with Gasteiger partial charge < -0.3 is 0 Å². The van der Waals surface area contributed by atoms with Crippen molar-refractivity contribution in [1.29, 1.82) is 0 Å². The normalized spacial score (nSPS) is 13.7. The van der Waals surface area contributed by atoms with E-state index in [-0.39, 0.29) is 0 Å². The first-order chi connectivity index (χ1) is 16.8. The van der Waals surface area contributed by atoms with E-state index in [1.165, 1.54) is 59.0 Å². The second-order valence-electron chi connectivity index (χ2n) is 9.39. The number of rotatable bonds is 2. The van der Waals surface area contributed by atoms with Crippen molar-refractivity contribution in [3.05, 3.63) is 133 Å². The van der Waals surface area contributed by atoms with Gasteiger partial charge in [0.25, 0.3) is 0 Å². The van der Waals surface area contributed by atoms with Gasteiger partial charge in [-0.2, -0.15) is 0 Å². The summed E-state index contributed by atoms with van der Waals surface area (Å²) < 4.78 is 0. The van der Waals surface area contributed by atoms with Crippen molar-refractivity contribution in [2.24, 2.45) is 0 Å². The average molecular weight is 449 g/mol. The van der Waals surface area contributed by atoms with Crippen molar-refractivity contribution in [3.8, 4) is 11.1 Å². The van der Waals surface area contributed by atoms with Crippen molar-refractivity contribution in [2.75, 3.05) is 0 Å². The minimum atomic E-state index is -2.48. The Kier molecular flexibility index (Phi) is 4.18. The van der Waals surface area contributed by atoms with Crippen LogP contribution in [0.5, 0.6) is 0 Å². The molecule has 1 aliphatic heterocycles. The molecular formula is C33H24Si. The van der Waals surface area contributed by atoms with Gasteiger partial charge in [0, 0.05) is 0 Å². The monoisotopic (exact) mass is 448 g/mol. The van der Waals surface area contributed by atoms with Crippen LogP contribution in [0.15, 0.2) is 127 Å². The molecule has 1 aliphatic rings. The second kappa shape index (κ2) is 7.28. The van der Waals surface area contributed by atoms with Crippen LogP contribution in [-0.2, 0) is 0 Å². The molecule has 6 aromatic carbocycles. The van der Waals surface area contributed by atoms with E-state index in [9.17, 15) is 0 Å². The summed E-state index contributed by atoms with van der Waals surface area (Å²) in [4.78, 5) is 0. The Morgan fingerprint density at radius 1 is 0.471 bits per heavy atom. The molecule has 0 amide bonds. The molecule has 7 rings (SSSR count). The van der Waals surface area contributed by atoms with Gasteiger partial charge >= 0.3 is 0 Å². The Morgan fingerprint density at radius 3 is 1.85 bits per heavy atom. The summed E-state index contributed by atoms with van der Waals surface area (Å²) in [6.07, 6.45) is 0. The van der Waals surface area contributed by atoms with Crippen LogP contribution in [0.3, 0.4) is 0 Å². The zero-order valence-electron chi connectivity index (χ0n) is 19.1. The van der Waals surface area contributed by atoms with Gasteiger partial charge in [-0.15, -0.1) is 0 Å². The van der Waals surface area contributed by atoms with Crippen molar-refractivity contribution in [2.45, 2.75) is 6.92 Å². The minimum Gasteiger partial charge on any atom is -0.0623 e. The number of benzene rings is 6. The number of hydrogen-bond donors (Lipinski definition) is 0. The molecule has 1 heteroatoms. The van der Waals surface area contributed by atoms with Crippen molar-refractivity contribution in [3.63, 3.8) is 0 Å². The maximum Gasteiger partial charge on any atom is 0.180 e. The highest BCUT2D eigenvalue weighted by atomic mass is 28.3. The molecule has 0 nitrogen and oxygen atoms in total. The highest BCUT2D eigenvalue weighted by Gasteiger charge is 2.49. The highest BCUT2D eigenvalue weighted by molar-refractivity contribution is 7.22. The van der Waals surface area contributed by atoms with Crippen LogP contribution in [0.2, 0.25) is 0 Å². The first-order valence-corrected chi connectivity index (χ1v) is 14.0. The standard InChI is InChI=1S/C33H24Si/c1-23-11-10-13-25-21-32-30(22-29(23)25)33-28-18-9-8-12-24(28)19-20-31(33)34(32,26-14-4-2-5-15-26)27-16-6-3-7-17-27/h2-22H,1H3. The maximum absolute atomic E-state index is 2.51. The topological polar surface area (TPSA) is 0 Å². The molecule has 0 atom stereocenters. The van der Waals surface area contributed by atoms with Crippen LogP contribution in [0.25, 0.3) is 32.7 Å². The van der Waals surface area contributed by atoms with Crippen LogP contribution < -0.4 is 20.7 Å². The van der Waals surface area contributed by atoms with Gasteiger partial charge in [0.15, 0.2) is 8.07 Å². The predicted molar refractivity (Wildman–Crippen MR) is 149 cm³/mol. The van der Waals surface area contributed by atoms with Gasteiger partial charge in [0.05, 0.1) is 0 Å². The Morgan fingerprint density at radius 2 is 1.12 bits per heavy atom. The van der Waals surface area contributed by atoms with Crippen LogP contribution in [0.1, 0.15) is 5.56 Å². The van der Waals surface area contributed by atoms with Crippen LogP contribution >= 0.6 is 0 Å². The van der Waals surface area contributed by atoms with Crippen molar-refractivity contribution in [1.82, 2.24) is 0 Å². The third kappa shape index (κ3) is 2.53. The molecular weight excluding hydrogens is 424 g/mol. The Hall–Kier alpha value is -3.94. The maximum atomic E-state index is 2.51. The molecule has 0 N–H and O–H groups in total. The first-order valence-electron chi connectivity index (χ1n) is 12.0. The van der Waals surface area contributed by atoms with Crippen LogP contribution in [0.4, 0.5) is 0 Å². The molecule has 6 aromatic rings. The first kappa shape index (κ1) is 19.5. The summed E-state index contributed by atoms with van der Waals surface area (Å²) in [7, 11) is -2.48. The fourth-order valence-electron chi connectivity index (χ4n) is 6.18. The SMILES string of the molecule is Cc1cccc2cc3c(cc12)-c1c(ccc2ccccc12)[Si]3(c1ccccc1)c1ccccc1. The molecule has 0 spiro atoms. The van der Waals surface area contributed by atoms with Gasteiger partial charge in [0.2, 0.25) is 0 Å². The lowest BCUT2D eigenvalue weighted by atomic mass is 9.95. The molecule has 0 aliphatic carbocycles. The van der Waals surface area contributed by atoms with Crippen LogP contribution in [-0.4, -0.2) is 8.07 Å². The molecule has 160 valence electrons. The summed E-state index contributed by atoms with van der Waals surface area (Å²) in [5, 5.41) is 11.3. The van der Waals surface area contributed by atoms with E-state index in [1.807, 2.05) is 0 Å². The summed E-state index contributed by atoms with van der Waals surface area (Å²) in [5.74, 6) is 0. The summed E-state index contributed by atoms with van der Waals surface area (Å²) in [5.41, 5.74) is 4.17. The molecule has 0 saturated carbocycles. The second-order valence-corrected chi connectivity index (χ2v) is 13.1. The molecule has 0 fully saturated rings. The van der Waals surface area contributed by atoms with E-state index in [1.54, 1.807) is 0 Å². The smallest absolute Gasteiger partial charge is 0.0623 e. The van der Waals surface area contributed by atoms with E-state index in [2.05, 4.69) is 134 Å². The Labute approximate surface area is 201 Å². The van der Waals surface area contributed by atoms with E-state index in [0.717, 1.165) is 0 Å². The van der Waals surface area contributed by atoms with E-state index >= 15 is 0 Å². The van der Waals surface area contributed by atoms with E-state index in [4.69, 9.17) is 0 Å². The van der Waals surface area contributed by atoms with E-state index in [0.29, 0.717) is 0 Å². The lowest BCUT2D eigenvalue weighted by molar-refractivity contribution is 1.53. The zero-order chi connectivity index (χ0) is 22.7. The third-order valence-corrected chi connectivity index (χ3v) is 12.5. The third-order valence-electron chi connectivity index (χ3n) is 7.66. The summed E-state index contributed by atoms with van der Waals surface area (Å²) in [6.45, 7) is 2.23. The number of aryl methyl sites for hydroxylation is 1. The average Bonchev–Trinajstić information content (AvgIpc) is 3.19. The van der Waals surface area contributed by atoms with Gasteiger partial charge in [0.1, 0.15) is 0 Å². The molecule has 34 heavy (non-hydrogen) atoms. The largest absolute Gasteiger partial charge is 0.180 e. The molecule has 1 heterocycles. The molecule has 0 saturated heterocycles. The number of fused-ring (bicyclic) bond motifs is 6. The lowest BCUT2D eigenvalue weighted by Gasteiger charge is -2.31.